The number of benzene rings is 1. The summed E-state index contributed by atoms with van der Waals surface area (Å²) < 4.78 is 5.26. The molecule has 2 aromatic rings. The third-order valence-electron chi connectivity index (χ3n) is 4.41. The topological polar surface area (TPSA) is 61.9 Å². The van der Waals surface area contributed by atoms with Crippen molar-refractivity contribution in [2.24, 2.45) is 0 Å². The fourth-order valence-electron chi connectivity index (χ4n) is 2.87. The number of hydrogen-bond acceptors (Lipinski definition) is 5. The Morgan fingerprint density at radius 3 is 2.78 bits per heavy atom. The van der Waals surface area contributed by atoms with Crippen molar-refractivity contribution in [3.8, 4) is 5.75 Å². The number of amides is 3. The van der Waals surface area contributed by atoms with Crippen LogP contribution in [0.5, 0.6) is 5.75 Å². The van der Waals surface area contributed by atoms with E-state index >= 15 is 0 Å². The predicted octanol–water partition coefficient (Wildman–Crippen LogP) is 3.88. The first kappa shape index (κ1) is 19.6. The summed E-state index contributed by atoms with van der Waals surface area (Å²) in [5.74, 6) is 0.730. The molecule has 2 unspecified atom stereocenters. The van der Waals surface area contributed by atoms with Crippen LogP contribution in [0.15, 0.2) is 41.8 Å². The molecular weight excluding hydrogens is 382 g/mol. The van der Waals surface area contributed by atoms with Crippen molar-refractivity contribution in [2.75, 3.05) is 32.6 Å². The van der Waals surface area contributed by atoms with Crippen molar-refractivity contribution in [3.05, 3.63) is 46.7 Å². The summed E-state index contributed by atoms with van der Waals surface area (Å²) in [6.07, 6.45) is 0. The number of ether oxygens (including phenoxy) is 1. The minimum atomic E-state index is -0.237. The number of nitrogens with one attached hydrogen (secondary N) is 1. The summed E-state index contributed by atoms with van der Waals surface area (Å²) in [7, 11) is 3.29. The average Bonchev–Trinajstić information content (AvgIpc) is 3.29. The first-order valence-electron chi connectivity index (χ1n) is 8.65. The van der Waals surface area contributed by atoms with Gasteiger partial charge in [0.2, 0.25) is 5.91 Å². The lowest BCUT2D eigenvalue weighted by Gasteiger charge is -2.26. The number of carbonyl (C=O) groups is 2. The summed E-state index contributed by atoms with van der Waals surface area (Å²) in [5.41, 5.74) is 0.620. The molecule has 1 saturated heterocycles. The maximum Gasteiger partial charge on any atom is 0.321 e. The van der Waals surface area contributed by atoms with Crippen LogP contribution >= 0.6 is 23.1 Å². The Hall–Kier alpha value is -2.19. The van der Waals surface area contributed by atoms with E-state index in [9.17, 15) is 9.59 Å². The monoisotopic (exact) mass is 405 g/mol. The van der Waals surface area contributed by atoms with Crippen LogP contribution in [0.2, 0.25) is 0 Å². The van der Waals surface area contributed by atoms with Crippen molar-refractivity contribution < 1.29 is 14.3 Å². The number of methoxy groups -OCH3 is 1. The zero-order valence-electron chi connectivity index (χ0n) is 15.5. The van der Waals surface area contributed by atoms with Crippen LogP contribution in [0.4, 0.5) is 10.5 Å². The lowest BCUT2D eigenvalue weighted by molar-refractivity contribution is -0.129. The molecule has 3 rings (SSSR count). The SMILES string of the molecule is COc1ccccc1NC(=O)N(C)CCN1C(=O)C(C)SC1c1cccs1. The highest BCUT2D eigenvalue weighted by molar-refractivity contribution is 8.01. The number of thioether (sulfide) groups is 1. The Kier molecular flexibility index (Phi) is 6.28. The largest absolute Gasteiger partial charge is 0.495 e. The second-order valence-corrected chi connectivity index (χ2v) is 8.63. The minimum Gasteiger partial charge on any atom is -0.495 e. The number of carbonyl (C=O) groups excluding carboxylic acids is 2. The van der Waals surface area contributed by atoms with Gasteiger partial charge in [-0.05, 0) is 30.5 Å². The molecule has 0 spiro atoms. The maximum atomic E-state index is 12.5. The van der Waals surface area contributed by atoms with Gasteiger partial charge in [0, 0.05) is 25.0 Å². The van der Waals surface area contributed by atoms with Crippen LogP contribution in [0.3, 0.4) is 0 Å². The molecule has 2 heterocycles. The van der Waals surface area contributed by atoms with E-state index in [2.05, 4.69) is 11.4 Å². The van der Waals surface area contributed by atoms with E-state index in [1.54, 1.807) is 54.3 Å². The quantitative estimate of drug-likeness (QED) is 0.792. The minimum absolute atomic E-state index is 0.0261. The van der Waals surface area contributed by atoms with Gasteiger partial charge in [0.1, 0.15) is 11.1 Å². The van der Waals surface area contributed by atoms with Crippen molar-refractivity contribution in [3.63, 3.8) is 0 Å². The Morgan fingerprint density at radius 1 is 1.30 bits per heavy atom. The van der Waals surface area contributed by atoms with Gasteiger partial charge in [-0.15, -0.1) is 23.1 Å². The van der Waals surface area contributed by atoms with E-state index < -0.39 is 0 Å². The van der Waals surface area contributed by atoms with Crippen molar-refractivity contribution >= 4 is 40.7 Å². The number of urea groups is 1. The molecule has 1 N–H and O–H groups in total. The standard InChI is InChI=1S/C19H23N3O3S2/c1-13-17(23)22(18(27-13)16-9-6-12-26-16)11-10-21(2)19(24)20-14-7-4-5-8-15(14)25-3/h4-9,12-13,18H,10-11H2,1-3H3,(H,20,24). The van der Waals surface area contributed by atoms with E-state index in [1.165, 1.54) is 4.88 Å². The molecule has 1 aliphatic heterocycles. The Morgan fingerprint density at radius 2 is 2.07 bits per heavy atom. The molecule has 27 heavy (non-hydrogen) atoms. The van der Waals surface area contributed by atoms with Crippen LogP contribution in [0, 0.1) is 0 Å². The molecule has 8 heteroatoms. The molecule has 1 aliphatic rings. The number of rotatable bonds is 6. The van der Waals surface area contributed by atoms with Gasteiger partial charge in [-0.3, -0.25) is 4.79 Å². The van der Waals surface area contributed by atoms with E-state index in [-0.39, 0.29) is 22.6 Å². The van der Waals surface area contributed by atoms with Crippen LogP contribution in [-0.2, 0) is 4.79 Å². The van der Waals surface area contributed by atoms with Crippen LogP contribution in [0.1, 0.15) is 17.2 Å². The van der Waals surface area contributed by atoms with Crippen LogP contribution in [0.25, 0.3) is 0 Å². The fraction of sp³-hybridized carbons (Fsp3) is 0.368. The number of para-hydroxylation sites is 2. The summed E-state index contributed by atoms with van der Waals surface area (Å²) in [6.45, 7) is 2.88. The lowest BCUT2D eigenvalue weighted by Crippen LogP contribution is -2.40. The van der Waals surface area contributed by atoms with E-state index in [1.807, 2.05) is 35.4 Å². The second-order valence-electron chi connectivity index (χ2n) is 6.23. The maximum absolute atomic E-state index is 12.5. The van der Waals surface area contributed by atoms with Gasteiger partial charge >= 0.3 is 6.03 Å². The third-order valence-corrected chi connectivity index (χ3v) is 6.86. The third kappa shape index (κ3) is 4.39. The summed E-state index contributed by atoms with van der Waals surface area (Å²) in [5, 5.41) is 4.83. The molecule has 1 aromatic heterocycles. The smallest absolute Gasteiger partial charge is 0.321 e. The van der Waals surface area contributed by atoms with Gasteiger partial charge in [-0.1, -0.05) is 18.2 Å². The number of hydrogen-bond donors (Lipinski definition) is 1. The number of nitrogens with zero attached hydrogens (tertiary/aromatic N) is 2. The normalized spacial score (nSPS) is 19.2. The number of anilines is 1. The van der Waals surface area contributed by atoms with Gasteiger partial charge in [0.25, 0.3) is 0 Å². The van der Waals surface area contributed by atoms with Gasteiger partial charge in [0.05, 0.1) is 18.0 Å². The Bertz CT molecular complexity index is 797. The highest BCUT2D eigenvalue weighted by atomic mass is 32.2. The molecule has 2 atom stereocenters. The van der Waals surface area contributed by atoms with Gasteiger partial charge < -0.3 is 19.9 Å². The number of thiophene rings is 1. The van der Waals surface area contributed by atoms with E-state index in [0.717, 1.165) is 0 Å². The first-order chi connectivity index (χ1) is 13.0. The molecular formula is C19H23N3O3S2. The molecule has 144 valence electrons. The van der Waals surface area contributed by atoms with Gasteiger partial charge in [-0.25, -0.2) is 4.79 Å². The summed E-state index contributed by atoms with van der Waals surface area (Å²) >= 11 is 3.31. The molecule has 3 amide bonds. The molecule has 6 nitrogen and oxygen atoms in total. The summed E-state index contributed by atoms with van der Waals surface area (Å²) in [6, 6.07) is 11.1. The molecule has 1 fully saturated rings. The van der Waals surface area contributed by atoms with Crippen molar-refractivity contribution in [2.45, 2.75) is 17.5 Å². The molecule has 1 aromatic carbocycles. The van der Waals surface area contributed by atoms with Crippen molar-refractivity contribution in [1.29, 1.82) is 0 Å². The zero-order valence-corrected chi connectivity index (χ0v) is 17.2. The highest BCUT2D eigenvalue weighted by Gasteiger charge is 2.38. The van der Waals surface area contributed by atoms with Gasteiger partial charge in [-0.2, -0.15) is 0 Å². The molecule has 0 bridgehead atoms. The first-order valence-corrected chi connectivity index (χ1v) is 10.5. The fourth-order valence-corrected chi connectivity index (χ4v) is 5.13. The average molecular weight is 406 g/mol. The van der Waals surface area contributed by atoms with Crippen LogP contribution < -0.4 is 10.1 Å². The van der Waals surface area contributed by atoms with Crippen LogP contribution in [-0.4, -0.2) is 54.2 Å². The van der Waals surface area contributed by atoms with E-state index in [4.69, 9.17) is 4.74 Å². The Balaban J connectivity index is 1.61. The lowest BCUT2D eigenvalue weighted by atomic mass is 10.3. The Labute approximate surface area is 167 Å². The summed E-state index contributed by atoms with van der Waals surface area (Å²) in [4.78, 5) is 29.7. The predicted molar refractivity (Wildman–Crippen MR) is 110 cm³/mol. The number of likely N-dealkylation sites (N-methyl/N-ethyl adjacent to an activating group) is 1. The molecule has 0 saturated carbocycles. The van der Waals surface area contributed by atoms with Crippen molar-refractivity contribution in [1.82, 2.24) is 9.80 Å². The molecule has 0 aliphatic carbocycles. The zero-order chi connectivity index (χ0) is 19.4. The highest BCUT2D eigenvalue weighted by Crippen LogP contribution is 2.44. The second kappa shape index (κ2) is 8.67. The van der Waals surface area contributed by atoms with Gasteiger partial charge in [0.15, 0.2) is 0 Å². The van der Waals surface area contributed by atoms with E-state index in [0.29, 0.717) is 24.5 Å². The molecule has 0 radical (unpaired) electrons.